The second-order valence-corrected chi connectivity index (χ2v) is 6.04. The second-order valence-electron chi connectivity index (χ2n) is 4.69. The predicted molar refractivity (Wildman–Crippen MR) is 82.6 cm³/mol. The summed E-state index contributed by atoms with van der Waals surface area (Å²) in [7, 11) is 0. The Kier molecular flexibility index (Phi) is 4.50. The third-order valence-corrected chi connectivity index (χ3v) is 3.80. The molecular weight excluding hydrogens is 358 g/mol. The topological polar surface area (TPSA) is 64.0 Å². The third kappa shape index (κ3) is 3.79. The van der Waals surface area contributed by atoms with Crippen LogP contribution in [-0.4, -0.2) is 39.1 Å². The van der Waals surface area contributed by atoms with Crippen LogP contribution in [0.2, 0.25) is 5.02 Å². The molecule has 0 spiro atoms. The molecule has 0 aromatic carbocycles. The Morgan fingerprint density at radius 1 is 1.05 bits per heavy atom. The van der Waals surface area contributed by atoms with Gasteiger partial charge in [0.25, 0.3) is 0 Å². The Balaban J connectivity index is 1.55. The van der Waals surface area contributed by atoms with E-state index in [0.717, 1.165) is 36.4 Å². The van der Waals surface area contributed by atoms with Gasteiger partial charge in [-0.15, -0.1) is 0 Å². The Morgan fingerprint density at radius 2 is 1.67 bits per heavy atom. The number of hydrogen-bond acceptors (Lipinski definition) is 6. The minimum absolute atomic E-state index is 0.109. The summed E-state index contributed by atoms with van der Waals surface area (Å²) in [5.74, 6) is 0.749. The number of nitrogens with zero attached hydrogens (tertiary/aromatic N) is 5. The number of halogens is 2. The van der Waals surface area contributed by atoms with Crippen LogP contribution in [0.15, 0.2) is 29.3 Å². The van der Waals surface area contributed by atoms with Crippen LogP contribution in [0.5, 0.6) is 6.01 Å². The fourth-order valence-corrected chi connectivity index (χ4v) is 2.46. The van der Waals surface area contributed by atoms with Crippen molar-refractivity contribution in [2.75, 3.05) is 18.0 Å². The van der Waals surface area contributed by atoms with Gasteiger partial charge in [-0.25, -0.2) is 19.9 Å². The van der Waals surface area contributed by atoms with E-state index in [4.69, 9.17) is 16.3 Å². The lowest BCUT2D eigenvalue weighted by Crippen LogP contribution is -2.39. The Morgan fingerprint density at radius 3 is 2.29 bits per heavy atom. The summed E-state index contributed by atoms with van der Waals surface area (Å²) in [5.41, 5.74) is 0. The van der Waals surface area contributed by atoms with Gasteiger partial charge in [-0.3, -0.25) is 0 Å². The molecule has 6 nitrogen and oxygen atoms in total. The van der Waals surface area contributed by atoms with Gasteiger partial charge in [0.1, 0.15) is 6.10 Å². The highest BCUT2D eigenvalue weighted by Crippen LogP contribution is 2.20. The summed E-state index contributed by atoms with van der Waals surface area (Å²) in [6.07, 6.45) is 8.46. The zero-order valence-electron chi connectivity index (χ0n) is 11.1. The summed E-state index contributed by atoms with van der Waals surface area (Å²) < 4.78 is 6.64. The van der Waals surface area contributed by atoms with Gasteiger partial charge in [0.2, 0.25) is 5.95 Å². The third-order valence-electron chi connectivity index (χ3n) is 3.20. The molecule has 0 unspecified atom stereocenters. The smallest absolute Gasteiger partial charge is 0.316 e. The summed E-state index contributed by atoms with van der Waals surface area (Å²) >= 11 is 9.08. The van der Waals surface area contributed by atoms with E-state index in [9.17, 15) is 0 Å². The van der Waals surface area contributed by atoms with Crippen LogP contribution in [0, 0.1) is 0 Å². The molecule has 0 atom stereocenters. The quantitative estimate of drug-likeness (QED) is 0.828. The molecule has 8 heteroatoms. The van der Waals surface area contributed by atoms with Crippen LogP contribution < -0.4 is 9.64 Å². The molecule has 110 valence electrons. The average Bonchev–Trinajstić information content (AvgIpc) is 2.51. The largest absolute Gasteiger partial charge is 0.460 e. The van der Waals surface area contributed by atoms with E-state index in [2.05, 4.69) is 40.8 Å². The van der Waals surface area contributed by atoms with Gasteiger partial charge in [0, 0.05) is 38.3 Å². The normalized spacial score (nSPS) is 16.0. The van der Waals surface area contributed by atoms with Gasteiger partial charge >= 0.3 is 6.01 Å². The lowest BCUT2D eigenvalue weighted by atomic mass is 10.1. The zero-order chi connectivity index (χ0) is 14.7. The first-order valence-electron chi connectivity index (χ1n) is 6.57. The highest BCUT2D eigenvalue weighted by Gasteiger charge is 2.22. The highest BCUT2D eigenvalue weighted by molar-refractivity contribution is 9.10. The molecule has 3 rings (SSSR count). The van der Waals surface area contributed by atoms with Crippen molar-refractivity contribution in [2.24, 2.45) is 0 Å². The number of aromatic nitrogens is 4. The Labute approximate surface area is 135 Å². The van der Waals surface area contributed by atoms with Gasteiger partial charge in [-0.05, 0) is 15.9 Å². The molecule has 1 fully saturated rings. The van der Waals surface area contributed by atoms with Gasteiger partial charge in [0.15, 0.2) is 0 Å². The van der Waals surface area contributed by atoms with Gasteiger partial charge in [-0.1, -0.05) is 11.6 Å². The fraction of sp³-hybridized carbons (Fsp3) is 0.385. The molecular formula is C13H13BrClN5O. The van der Waals surface area contributed by atoms with E-state index in [-0.39, 0.29) is 6.10 Å². The van der Waals surface area contributed by atoms with E-state index in [1.165, 1.54) is 12.4 Å². The van der Waals surface area contributed by atoms with Crippen molar-refractivity contribution in [1.29, 1.82) is 0 Å². The van der Waals surface area contributed by atoms with Crippen molar-refractivity contribution < 1.29 is 4.74 Å². The van der Waals surface area contributed by atoms with E-state index < -0.39 is 0 Å². The van der Waals surface area contributed by atoms with Crippen LogP contribution in [0.3, 0.4) is 0 Å². The number of ether oxygens (including phenoxy) is 1. The van der Waals surface area contributed by atoms with Gasteiger partial charge in [0.05, 0.1) is 21.9 Å². The lowest BCUT2D eigenvalue weighted by Gasteiger charge is -2.31. The molecule has 21 heavy (non-hydrogen) atoms. The molecule has 2 aromatic rings. The number of piperidine rings is 1. The maximum Gasteiger partial charge on any atom is 0.316 e. The van der Waals surface area contributed by atoms with Crippen molar-refractivity contribution >= 4 is 33.5 Å². The minimum atomic E-state index is 0.109. The molecule has 3 heterocycles. The van der Waals surface area contributed by atoms with Crippen molar-refractivity contribution in [3.63, 3.8) is 0 Å². The summed E-state index contributed by atoms with van der Waals surface area (Å²) in [6, 6.07) is 0.373. The van der Waals surface area contributed by atoms with Crippen molar-refractivity contribution in [2.45, 2.75) is 18.9 Å². The fourth-order valence-electron chi connectivity index (χ4n) is 2.15. The van der Waals surface area contributed by atoms with Crippen molar-refractivity contribution in [3.05, 3.63) is 34.3 Å². The molecule has 0 aliphatic carbocycles. The van der Waals surface area contributed by atoms with Crippen LogP contribution >= 0.6 is 27.5 Å². The maximum atomic E-state index is 5.76. The molecule has 0 bridgehead atoms. The zero-order valence-corrected chi connectivity index (χ0v) is 13.5. The molecule has 0 N–H and O–H groups in total. The highest BCUT2D eigenvalue weighted by atomic mass is 79.9. The average molecular weight is 371 g/mol. The molecule has 0 saturated carbocycles. The molecule has 0 amide bonds. The monoisotopic (exact) mass is 369 g/mol. The summed E-state index contributed by atoms with van der Waals surface area (Å²) in [4.78, 5) is 18.9. The number of rotatable bonds is 3. The molecule has 1 aliphatic heterocycles. The maximum absolute atomic E-state index is 5.76. The Bertz CT molecular complexity index is 587. The molecule has 1 saturated heterocycles. The van der Waals surface area contributed by atoms with E-state index in [0.29, 0.717) is 11.0 Å². The van der Waals surface area contributed by atoms with Crippen LogP contribution in [0.25, 0.3) is 0 Å². The van der Waals surface area contributed by atoms with Crippen molar-refractivity contribution in [1.82, 2.24) is 19.9 Å². The van der Waals surface area contributed by atoms with Crippen LogP contribution in [0.1, 0.15) is 12.8 Å². The first-order valence-corrected chi connectivity index (χ1v) is 7.74. The Hall–Kier alpha value is -1.47. The lowest BCUT2D eigenvalue weighted by molar-refractivity contribution is 0.156. The first-order chi connectivity index (χ1) is 10.2. The molecule has 1 aliphatic rings. The minimum Gasteiger partial charge on any atom is -0.460 e. The number of anilines is 1. The molecule has 2 aromatic heterocycles. The first kappa shape index (κ1) is 14.5. The van der Waals surface area contributed by atoms with Crippen molar-refractivity contribution in [3.8, 4) is 6.01 Å². The summed E-state index contributed by atoms with van der Waals surface area (Å²) in [6.45, 7) is 1.69. The van der Waals surface area contributed by atoms with Gasteiger partial charge in [-0.2, -0.15) is 0 Å². The van der Waals surface area contributed by atoms with E-state index in [1.54, 1.807) is 12.4 Å². The summed E-state index contributed by atoms with van der Waals surface area (Å²) in [5, 5.41) is 0.504. The van der Waals surface area contributed by atoms with Crippen LogP contribution in [-0.2, 0) is 0 Å². The van der Waals surface area contributed by atoms with E-state index in [1.807, 2.05) is 0 Å². The number of hydrogen-bond donors (Lipinski definition) is 0. The second kappa shape index (κ2) is 6.53. The van der Waals surface area contributed by atoms with E-state index >= 15 is 0 Å². The van der Waals surface area contributed by atoms with Crippen LogP contribution in [0.4, 0.5) is 5.95 Å². The van der Waals surface area contributed by atoms with Gasteiger partial charge < -0.3 is 9.64 Å². The molecule has 0 radical (unpaired) electrons. The standard InChI is InChI=1S/C13H13BrClN5O/c14-9-5-16-12(17-6-9)20-3-1-11(2-4-20)21-13-18-7-10(15)8-19-13/h5-8,11H,1-4H2. The predicted octanol–water partition coefficient (Wildman–Crippen LogP) is 2.73. The SMILES string of the molecule is Clc1cnc(OC2CCN(c3ncc(Br)cn3)CC2)nc1.